The van der Waals surface area contributed by atoms with Gasteiger partial charge in [0.2, 0.25) is 5.88 Å². The highest BCUT2D eigenvalue weighted by Crippen LogP contribution is 2.28. The third-order valence-corrected chi connectivity index (χ3v) is 3.73. The Balaban J connectivity index is 2.00. The van der Waals surface area contributed by atoms with Crippen molar-refractivity contribution in [3.63, 3.8) is 0 Å². The van der Waals surface area contributed by atoms with Crippen LogP contribution < -0.4 is 4.74 Å². The Morgan fingerprint density at radius 3 is 2.50 bits per heavy atom. The zero-order chi connectivity index (χ0) is 15.7. The second-order valence-corrected chi connectivity index (χ2v) is 5.84. The van der Waals surface area contributed by atoms with Crippen LogP contribution in [0.15, 0.2) is 40.9 Å². The van der Waals surface area contributed by atoms with Crippen LogP contribution in [0.3, 0.4) is 0 Å². The number of ether oxygens (including phenoxy) is 1. The molecule has 0 spiro atoms. The molecule has 0 amide bonds. The molecule has 3 aromatic rings. The van der Waals surface area contributed by atoms with E-state index in [9.17, 15) is 0 Å². The fourth-order valence-electron chi connectivity index (χ4n) is 2.19. The number of aromatic nitrogens is 4. The van der Waals surface area contributed by atoms with E-state index in [4.69, 9.17) is 4.74 Å². The zero-order valence-electron chi connectivity index (χ0n) is 12.5. The van der Waals surface area contributed by atoms with E-state index in [1.54, 1.807) is 10.7 Å². The summed E-state index contributed by atoms with van der Waals surface area (Å²) in [6.07, 6.45) is 0. The van der Waals surface area contributed by atoms with Gasteiger partial charge in [-0.15, -0.1) is 0 Å². The van der Waals surface area contributed by atoms with E-state index in [1.165, 1.54) is 0 Å². The Kier molecular flexibility index (Phi) is 3.94. The smallest absolute Gasteiger partial charge is 0.224 e. The number of halogens is 1. The first-order chi connectivity index (χ1) is 10.5. The lowest BCUT2D eigenvalue weighted by atomic mass is 10.3. The van der Waals surface area contributed by atoms with Gasteiger partial charge in [0.05, 0.1) is 10.2 Å². The van der Waals surface area contributed by atoms with Gasteiger partial charge < -0.3 is 4.74 Å². The van der Waals surface area contributed by atoms with Gasteiger partial charge in [-0.3, -0.25) is 0 Å². The zero-order valence-corrected chi connectivity index (χ0v) is 14.1. The summed E-state index contributed by atoms with van der Waals surface area (Å²) in [6, 6.07) is 11.4. The van der Waals surface area contributed by atoms with E-state index in [-0.39, 0.29) is 0 Å². The van der Waals surface area contributed by atoms with Crippen LogP contribution in [0.25, 0.3) is 5.82 Å². The lowest BCUT2D eigenvalue weighted by molar-refractivity contribution is 0.456. The number of hydrogen-bond acceptors (Lipinski definition) is 4. The highest BCUT2D eigenvalue weighted by atomic mass is 79.9. The van der Waals surface area contributed by atoms with E-state index < -0.39 is 0 Å². The van der Waals surface area contributed by atoms with Crippen molar-refractivity contribution in [1.82, 2.24) is 19.7 Å². The van der Waals surface area contributed by atoms with Crippen LogP contribution in [0.1, 0.15) is 17.2 Å². The maximum atomic E-state index is 5.86. The molecule has 0 saturated carbocycles. The highest BCUT2D eigenvalue weighted by Gasteiger charge is 2.10. The summed E-state index contributed by atoms with van der Waals surface area (Å²) >= 11 is 3.46. The summed E-state index contributed by atoms with van der Waals surface area (Å²) in [5, 5.41) is 4.45. The Morgan fingerprint density at radius 2 is 1.82 bits per heavy atom. The fourth-order valence-corrected chi connectivity index (χ4v) is 2.55. The second kappa shape index (κ2) is 5.88. The first kappa shape index (κ1) is 14.7. The van der Waals surface area contributed by atoms with Crippen LogP contribution in [0.5, 0.6) is 11.6 Å². The first-order valence-electron chi connectivity index (χ1n) is 6.84. The van der Waals surface area contributed by atoms with E-state index in [0.717, 1.165) is 15.9 Å². The molecule has 1 aromatic carbocycles. The van der Waals surface area contributed by atoms with Crippen molar-refractivity contribution in [3.8, 4) is 17.4 Å². The maximum absolute atomic E-state index is 5.86. The topological polar surface area (TPSA) is 52.8 Å². The van der Waals surface area contributed by atoms with Crippen molar-refractivity contribution in [3.05, 3.63) is 58.1 Å². The first-order valence-corrected chi connectivity index (χ1v) is 7.64. The molecule has 112 valence electrons. The van der Waals surface area contributed by atoms with Gasteiger partial charge in [-0.25, -0.2) is 9.67 Å². The van der Waals surface area contributed by atoms with Gasteiger partial charge in [0.1, 0.15) is 11.6 Å². The van der Waals surface area contributed by atoms with E-state index in [0.29, 0.717) is 23.3 Å². The minimum Gasteiger partial charge on any atom is -0.438 e. The average molecular weight is 359 g/mol. The molecule has 0 atom stereocenters. The summed E-state index contributed by atoms with van der Waals surface area (Å²) in [6.45, 7) is 5.78. The van der Waals surface area contributed by atoms with Gasteiger partial charge in [0, 0.05) is 11.8 Å². The molecule has 0 bridgehead atoms. The Morgan fingerprint density at radius 1 is 1.05 bits per heavy atom. The average Bonchev–Trinajstić information content (AvgIpc) is 2.80. The molecule has 5 nitrogen and oxygen atoms in total. The molecule has 3 rings (SSSR count). The molecule has 2 aromatic heterocycles. The van der Waals surface area contributed by atoms with Crippen LogP contribution >= 0.6 is 15.9 Å². The number of rotatable bonds is 3. The van der Waals surface area contributed by atoms with Gasteiger partial charge in [-0.2, -0.15) is 10.1 Å². The number of para-hydroxylation sites is 1. The molecule has 0 aliphatic heterocycles. The Bertz CT molecular complexity index is 829. The van der Waals surface area contributed by atoms with Crippen LogP contribution in [-0.2, 0) is 0 Å². The maximum Gasteiger partial charge on any atom is 0.224 e. The molecular formula is C16H15BrN4O. The summed E-state index contributed by atoms with van der Waals surface area (Å²) in [4.78, 5) is 8.78. The summed E-state index contributed by atoms with van der Waals surface area (Å²) < 4.78 is 8.52. The van der Waals surface area contributed by atoms with Crippen molar-refractivity contribution in [2.24, 2.45) is 0 Å². The molecule has 0 aliphatic rings. The van der Waals surface area contributed by atoms with Crippen molar-refractivity contribution >= 4 is 15.9 Å². The number of hydrogen-bond donors (Lipinski definition) is 0. The third-order valence-electron chi connectivity index (χ3n) is 3.08. The quantitative estimate of drug-likeness (QED) is 0.705. The lowest BCUT2D eigenvalue weighted by Gasteiger charge is -2.09. The van der Waals surface area contributed by atoms with E-state index in [1.807, 2.05) is 51.1 Å². The molecule has 22 heavy (non-hydrogen) atoms. The van der Waals surface area contributed by atoms with E-state index >= 15 is 0 Å². The van der Waals surface area contributed by atoms with Crippen LogP contribution in [-0.4, -0.2) is 19.7 Å². The summed E-state index contributed by atoms with van der Waals surface area (Å²) in [7, 11) is 0. The largest absolute Gasteiger partial charge is 0.438 e. The summed E-state index contributed by atoms with van der Waals surface area (Å²) in [5.41, 5.74) is 1.96. The molecule has 0 radical (unpaired) electrons. The molecule has 0 saturated heterocycles. The van der Waals surface area contributed by atoms with E-state index in [2.05, 4.69) is 31.0 Å². The van der Waals surface area contributed by atoms with Crippen LogP contribution in [0, 0.1) is 20.8 Å². The van der Waals surface area contributed by atoms with Gasteiger partial charge in [-0.05, 0) is 54.9 Å². The third kappa shape index (κ3) is 3.01. The molecular weight excluding hydrogens is 344 g/mol. The van der Waals surface area contributed by atoms with Gasteiger partial charge in [-0.1, -0.05) is 12.1 Å². The lowest BCUT2D eigenvalue weighted by Crippen LogP contribution is -2.05. The van der Waals surface area contributed by atoms with Crippen LogP contribution in [0.4, 0.5) is 0 Å². The molecule has 0 aliphatic carbocycles. The van der Waals surface area contributed by atoms with Gasteiger partial charge in [0.25, 0.3) is 0 Å². The fraction of sp³-hybridized carbons (Fsp3) is 0.188. The van der Waals surface area contributed by atoms with Crippen molar-refractivity contribution in [1.29, 1.82) is 0 Å². The Hall–Kier alpha value is -2.21. The summed E-state index contributed by atoms with van der Waals surface area (Å²) in [5.74, 6) is 2.52. The van der Waals surface area contributed by atoms with Crippen LogP contribution in [0.2, 0.25) is 0 Å². The number of aryl methyl sites for hydroxylation is 3. The van der Waals surface area contributed by atoms with Gasteiger partial charge in [0.15, 0.2) is 5.82 Å². The molecule has 0 unspecified atom stereocenters. The molecule has 2 heterocycles. The normalized spacial score (nSPS) is 10.7. The predicted octanol–water partition coefficient (Wildman–Crippen LogP) is 4.14. The van der Waals surface area contributed by atoms with Crippen molar-refractivity contribution in [2.75, 3.05) is 0 Å². The van der Waals surface area contributed by atoms with Crippen molar-refractivity contribution < 1.29 is 4.74 Å². The van der Waals surface area contributed by atoms with Crippen molar-refractivity contribution in [2.45, 2.75) is 20.8 Å². The predicted molar refractivity (Wildman–Crippen MR) is 87.6 cm³/mol. The standard InChI is InChI=1S/C16H15BrN4O/c1-10-8-11(2)21(20-10)15-9-16(19-12(3)18-15)22-14-7-5-4-6-13(14)17/h4-9H,1-3H3. The van der Waals surface area contributed by atoms with Gasteiger partial charge >= 0.3 is 0 Å². The number of nitrogens with zero attached hydrogens (tertiary/aromatic N) is 4. The monoisotopic (exact) mass is 358 g/mol. The second-order valence-electron chi connectivity index (χ2n) is 4.98. The molecule has 0 N–H and O–H groups in total. The molecule has 0 fully saturated rings. The molecule has 6 heteroatoms. The SMILES string of the molecule is Cc1cc(C)n(-c2cc(Oc3ccccc3Br)nc(C)n2)n1. The minimum absolute atomic E-state index is 0.488. The highest BCUT2D eigenvalue weighted by molar-refractivity contribution is 9.10. The minimum atomic E-state index is 0.488. The number of benzene rings is 1. The Labute approximate surface area is 137 Å².